The Bertz CT molecular complexity index is 804. The third-order valence-corrected chi connectivity index (χ3v) is 6.27. The number of rotatable bonds is 7. The molecule has 0 aromatic heterocycles. The quantitative estimate of drug-likeness (QED) is 0.273. The summed E-state index contributed by atoms with van der Waals surface area (Å²) in [6.07, 6.45) is 5.80. The fourth-order valence-corrected chi connectivity index (χ4v) is 3.85. The molecule has 0 radical (unpaired) electrons. The van der Waals surface area contributed by atoms with Crippen LogP contribution in [0.1, 0.15) is 44.6 Å². The van der Waals surface area contributed by atoms with Crippen LogP contribution in [0.3, 0.4) is 0 Å². The van der Waals surface area contributed by atoms with Gasteiger partial charge in [-0.15, -0.1) is 24.0 Å². The molecule has 1 aromatic rings. The molecule has 10 heteroatoms. The van der Waals surface area contributed by atoms with E-state index in [1.165, 1.54) is 36.3 Å². The van der Waals surface area contributed by atoms with Gasteiger partial charge in [-0.2, -0.15) is 0 Å². The monoisotopic (exact) mass is 551 g/mol. The van der Waals surface area contributed by atoms with Gasteiger partial charge in [0.2, 0.25) is 15.9 Å². The number of guanidine groups is 1. The van der Waals surface area contributed by atoms with Gasteiger partial charge in [0.05, 0.1) is 18.0 Å². The minimum Gasteiger partial charge on any atom is -0.354 e. The summed E-state index contributed by atoms with van der Waals surface area (Å²) in [5.41, 5.74) is 0.854. The van der Waals surface area contributed by atoms with Crippen molar-refractivity contribution >= 4 is 45.9 Å². The Morgan fingerprint density at radius 3 is 2.27 bits per heavy atom. The van der Waals surface area contributed by atoms with E-state index in [9.17, 15) is 13.2 Å². The first kappa shape index (κ1) is 26.6. The van der Waals surface area contributed by atoms with Gasteiger partial charge >= 0.3 is 0 Å². The molecule has 1 amide bonds. The number of halogens is 1. The molecule has 1 aliphatic carbocycles. The van der Waals surface area contributed by atoms with Crippen molar-refractivity contribution in [2.75, 3.05) is 20.6 Å². The molecule has 4 N–H and O–H groups in total. The first-order valence-corrected chi connectivity index (χ1v) is 11.6. The van der Waals surface area contributed by atoms with Gasteiger partial charge in [0.15, 0.2) is 5.96 Å². The number of aliphatic imine (C=N–C) groups is 1. The van der Waals surface area contributed by atoms with Gasteiger partial charge in [-0.3, -0.25) is 4.79 Å². The number of nitrogens with one attached hydrogen (secondary N) is 2. The normalized spacial score (nSPS) is 19.5. The van der Waals surface area contributed by atoms with E-state index in [4.69, 9.17) is 5.14 Å². The Balaban J connectivity index is 0.00000450. The van der Waals surface area contributed by atoms with Crippen molar-refractivity contribution in [2.24, 2.45) is 16.0 Å². The summed E-state index contributed by atoms with van der Waals surface area (Å²) in [6, 6.07) is 6.67. The van der Waals surface area contributed by atoms with Crippen molar-refractivity contribution in [3.63, 3.8) is 0 Å². The molecule has 0 spiro atoms. The summed E-state index contributed by atoms with van der Waals surface area (Å²) in [4.78, 5) is 18.1. The third-order valence-electron chi connectivity index (χ3n) is 5.34. The third kappa shape index (κ3) is 8.76. The van der Waals surface area contributed by atoms with Crippen LogP contribution in [-0.2, 0) is 21.4 Å². The van der Waals surface area contributed by atoms with Crippen LogP contribution in [-0.4, -0.2) is 51.9 Å². The van der Waals surface area contributed by atoms with Crippen molar-refractivity contribution in [3.8, 4) is 0 Å². The summed E-state index contributed by atoms with van der Waals surface area (Å²) >= 11 is 0. The molecule has 2 rings (SSSR count). The van der Waals surface area contributed by atoms with Crippen LogP contribution in [0.25, 0.3) is 0 Å². The van der Waals surface area contributed by atoms with Gasteiger partial charge in [0, 0.05) is 20.1 Å². The van der Waals surface area contributed by atoms with Gasteiger partial charge in [0.1, 0.15) is 0 Å². The number of hydrogen-bond acceptors (Lipinski definition) is 4. The fraction of sp³-hybridized carbons (Fsp3) is 0.600. The number of carbonyl (C=O) groups excluding carboxylic acids is 1. The molecule has 0 saturated heterocycles. The lowest BCUT2D eigenvalue weighted by Crippen LogP contribution is -2.47. The van der Waals surface area contributed by atoms with E-state index in [2.05, 4.69) is 22.5 Å². The molecule has 1 aliphatic rings. The molecule has 0 heterocycles. The van der Waals surface area contributed by atoms with Crippen molar-refractivity contribution in [1.29, 1.82) is 0 Å². The lowest BCUT2D eigenvalue weighted by molar-refractivity contribution is -0.127. The maximum atomic E-state index is 11.9. The number of nitrogens with two attached hydrogens (primary N) is 1. The van der Waals surface area contributed by atoms with E-state index in [0.717, 1.165) is 24.3 Å². The highest BCUT2D eigenvalue weighted by Crippen LogP contribution is 2.26. The highest BCUT2D eigenvalue weighted by atomic mass is 127. The smallest absolute Gasteiger partial charge is 0.241 e. The number of benzene rings is 1. The van der Waals surface area contributed by atoms with E-state index in [-0.39, 0.29) is 41.3 Å². The SMILES string of the molecule is CCC1CCC(NC(=NCc2ccc(S(N)(=O)=O)cc2)NCC(=O)N(C)C)CC1.I. The molecule has 0 bridgehead atoms. The molecular formula is C20H34IN5O3S. The molecule has 0 unspecified atom stereocenters. The maximum Gasteiger partial charge on any atom is 0.241 e. The molecule has 30 heavy (non-hydrogen) atoms. The minimum atomic E-state index is -3.71. The maximum absolute atomic E-state index is 11.9. The Morgan fingerprint density at radius 2 is 1.77 bits per heavy atom. The summed E-state index contributed by atoms with van der Waals surface area (Å²) < 4.78 is 22.7. The second kappa shape index (κ2) is 12.5. The summed E-state index contributed by atoms with van der Waals surface area (Å²) in [6.45, 7) is 2.76. The molecule has 1 aromatic carbocycles. The van der Waals surface area contributed by atoms with Crippen LogP contribution < -0.4 is 15.8 Å². The second-order valence-corrected chi connectivity index (χ2v) is 9.33. The van der Waals surface area contributed by atoms with Gasteiger partial charge in [-0.1, -0.05) is 25.5 Å². The second-order valence-electron chi connectivity index (χ2n) is 7.77. The summed E-state index contributed by atoms with van der Waals surface area (Å²) in [5.74, 6) is 1.36. The van der Waals surface area contributed by atoms with Crippen molar-refractivity contribution in [3.05, 3.63) is 29.8 Å². The zero-order valence-corrected chi connectivity index (χ0v) is 21.1. The Labute approximate surface area is 197 Å². The Hall–Kier alpha value is -1.40. The Morgan fingerprint density at radius 1 is 1.17 bits per heavy atom. The molecule has 0 aliphatic heterocycles. The highest BCUT2D eigenvalue weighted by molar-refractivity contribution is 14.0. The van der Waals surface area contributed by atoms with E-state index in [1.54, 1.807) is 26.2 Å². The number of primary sulfonamides is 1. The lowest BCUT2D eigenvalue weighted by Gasteiger charge is -2.29. The fourth-order valence-electron chi connectivity index (χ4n) is 3.33. The van der Waals surface area contributed by atoms with Crippen molar-refractivity contribution in [1.82, 2.24) is 15.5 Å². The molecule has 1 fully saturated rings. The van der Waals surface area contributed by atoms with Gasteiger partial charge in [-0.05, 0) is 49.3 Å². The van der Waals surface area contributed by atoms with E-state index in [0.29, 0.717) is 18.5 Å². The largest absolute Gasteiger partial charge is 0.354 e. The zero-order chi connectivity index (χ0) is 21.4. The molecule has 8 nitrogen and oxygen atoms in total. The minimum absolute atomic E-state index is 0. The highest BCUT2D eigenvalue weighted by Gasteiger charge is 2.21. The zero-order valence-electron chi connectivity index (χ0n) is 17.9. The number of carbonyl (C=O) groups is 1. The van der Waals surface area contributed by atoms with E-state index >= 15 is 0 Å². The first-order valence-electron chi connectivity index (χ1n) is 10.1. The summed E-state index contributed by atoms with van der Waals surface area (Å²) in [7, 11) is -0.275. The summed E-state index contributed by atoms with van der Waals surface area (Å²) in [5, 5.41) is 11.7. The molecule has 170 valence electrons. The Kier molecular flexibility index (Phi) is 11.1. The predicted octanol–water partition coefficient (Wildman–Crippen LogP) is 2.04. The molecule has 0 atom stereocenters. The van der Waals surface area contributed by atoms with Crippen LogP contribution in [0, 0.1) is 5.92 Å². The van der Waals surface area contributed by atoms with Crippen molar-refractivity contribution < 1.29 is 13.2 Å². The van der Waals surface area contributed by atoms with E-state index in [1.807, 2.05) is 0 Å². The van der Waals surface area contributed by atoms with Crippen molar-refractivity contribution in [2.45, 2.75) is 56.5 Å². The molecule has 1 saturated carbocycles. The van der Waals surface area contributed by atoms with Crippen LogP contribution in [0.2, 0.25) is 0 Å². The van der Waals surface area contributed by atoms with Gasteiger partial charge < -0.3 is 15.5 Å². The number of sulfonamides is 1. The average molecular weight is 551 g/mol. The standard InChI is InChI=1S/C20H33N5O3S.HI/c1-4-15-5-9-17(10-6-15)24-20(23-14-19(26)25(2)3)22-13-16-7-11-18(12-8-16)29(21,27)28;/h7-8,11-12,15,17H,4-6,9-10,13-14H2,1-3H3,(H2,21,27,28)(H2,22,23,24);1H. The van der Waals surface area contributed by atoms with Crippen LogP contribution in [0.5, 0.6) is 0 Å². The van der Waals surface area contributed by atoms with Crippen LogP contribution in [0.4, 0.5) is 0 Å². The van der Waals surface area contributed by atoms with E-state index < -0.39 is 10.0 Å². The number of nitrogens with zero attached hydrogens (tertiary/aromatic N) is 2. The lowest BCUT2D eigenvalue weighted by atomic mass is 9.84. The number of likely N-dealkylation sites (N-methyl/N-ethyl adjacent to an activating group) is 1. The molecular weight excluding hydrogens is 517 g/mol. The number of amides is 1. The van der Waals surface area contributed by atoms with Gasteiger partial charge in [0.25, 0.3) is 0 Å². The van der Waals surface area contributed by atoms with Crippen LogP contribution >= 0.6 is 24.0 Å². The predicted molar refractivity (Wildman–Crippen MR) is 130 cm³/mol. The number of hydrogen-bond donors (Lipinski definition) is 3. The average Bonchev–Trinajstić information content (AvgIpc) is 2.69. The van der Waals surface area contributed by atoms with Gasteiger partial charge in [-0.25, -0.2) is 18.5 Å². The van der Waals surface area contributed by atoms with Crippen LogP contribution in [0.15, 0.2) is 34.2 Å². The first-order chi connectivity index (χ1) is 13.7. The topological polar surface area (TPSA) is 117 Å².